The van der Waals surface area contributed by atoms with Gasteiger partial charge >= 0.3 is 6.18 Å². The summed E-state index contributed by atoms with van der Waals surface area (Å²) in [6.07, 6.45) is -3.59. The van der Waals surface area contributed by atoms with Crippen molar-refractivity contribution in [2.24, 2.45) is 0 Å². The Morgan fingerprint density at radius 2 is 1.86 bits per heavy atom. The molecule has 2 N–H and O–H groups in total. The van der Waals surface area contributed by atoms with Crippen LogP contribution in [0, 0.1) is 0 Å². The molecule has 2 fully saturated rings. The first-order valence-electron chi connectivity index (χ1n) is 8.92. The summed E-state index contributed by atoms with van der Waals surface area (Å²) in [6, 6.07) is 4.28. The Morgan fingerprint density at radius 3 is 2.41 bits per heavy atom. The number of hydrogen-bond donors (Lipinski definition) is 2. The maximum atomic E-state index is 13.2. The van der Waals surface area contributed by atoms with Gasteiger partial charge in [-0.05, 0) is 24.5 Å². The summed E-state index contributed by atoms with van der Waals surface area (Å²) in [4.78, 5) is 14.1. The van der Waals surface area contributed by atoms with Crippen LogP contribution in [0.25, 0.3) is 0 Å². The molecule has 1 unspecified atom stereocenters. The molecule has 2 heterocycles. The number of piperidine rings is 1. The van der Waals surface area contributed by atoms with Gasteiger partial charge in [0.05, 0.1) is 18.2 Å². The Bertz CT molecular complexity index is 682. The van der Waals surface area contributed by atoms with Crippen LogP contribution in [0.1, 0.15) is 30.4 Å². The molecule has 0 saturated carbocycles. The molecule has 4 nitrogen and oxygen atoms in total. The summed E-state index contributed by atoms with van der Waals surface area (Å²) in [5.74, 6) is -3.26. The van der Waals surface area contributed by atoms with Gasteiger partial charge in [-0.15, -0.1) is 24.8 Å². The lowest BCUT2D eigenvalue weighted by Crippen LogP contribution is -2.49. The topological polar surface area (TPSA) is 44.4 Å². The van der Waals surface area contributed by atoms with E-state index in [4.69, 9.17) is 0 Å². The van der Waals surface area contributed by atoms with Crippen molar-refractivity contribution in [1.29, 1.82) is 0 Å². The SMILES string of the molecule is Cl.Cl.O=C(NC1CCN(Cc2cccc(C(F)(F)F)c2)CC1)C1CC(F)(F)CN1. The van der Waals surface area contributed by atoms with Gasteiger partial charge in [0, 0.05) is 32.1 Å². The summed E-state index contributed by atoms with van der Waals surface area (Å²) in [7, 11) is 0. The van der Waals surface area contributed by atoms with Crippen LogP contribution in [-0.2, 0) is 17.5 Å². The molecule has 0 bridgehead atoms. The third-order valence-electron chi connectivity index (χ3n) is 5.02. The number of benzene rings is 1. The van der Waals surface area contributed by atoms with Gasteiger partial charge in [0.1, 0.15) is 0 Å². The molecule has 1 amide bonds. The molecule has 2 aliphatic rings. The number of hydrogen-bond acceptors (Lipinski definition) is 3. The molecule has 1 atom stereocenters. The van der Waals surface area contributed by atoms with E-state index >= 15 is 0 Å². The highest BCUT2D eigenvalue weighted by molar-refractivity contribution is 5.85. The second-order valence-corrected chi connectivity index (χ2v) is 7.25. The number of carbonyl (C=O) groups excluding carboxylic acids is 1. The second kappa shape index (κ2) is 10.2. The molecule has 0 aromatic heterocycles. The van der Waals surface area contributed by atoms with Crippen molar-refractivity contribution in [1.82, 2.24) is 15.5 Å². The van der Waals surface area contributed by atoms with Crippen molar-refractivity contribution in [2.75, 3.05) is 19.6 Å². The summed E-state index contributed by atoms with van der Waals surface area (Å²) in [5, 5.41) is 5.33. The number of amides is 1. The first kappa shape index (κ1) is 25.9. The molecule has 29 heavy (non-hydrogen) atoms. The van der Waals surface area contributed by atoms with Crippen molar-refractivity contribution in [2.45, 2.75) is 50.0 Å². The van der Waals surface area contributed by atoms with Gasteiger partial charge in [0.2, 0.25) is 5.91 Å². The zero-order valence-corrected chi connectivity index (χ0v) is 17.1. The Kier molecular flexibility index (Phi) is 9.13. The van der Waals surface area contributed by atoms with Crippen LogP contribution in [0.3, 0.4) is 0 Å². The fourth-order valence-electron chi connectivity index (χ4n) is 3.54. The second-order valence-electron chi connectivity index (χ2n) is 7.25. The molecule has 1 aromatic rings. The highest BCUT2D eigenvalue weighted by Crippen LogP contribution is 2.30. The molecule has 11 heteroatoms. The molecule has 0 aliphatic carbocycles. The number of alkyl halides is 5. The van der Waals surface area contributed by atoms with Gasteiger partial charge in [-0.3, -0.25) is 15.0 Å². The first-order chi connectivity index (χ1) is 12.6. The highest BCUT2D eigenvalue weighted by Gasteiger charge is 2.42. The van der Waals surface area contributed by atoms with Crippen LogP contribution in [0.15, 0.2) is 24.3 Å². The molecule has 0 radical (unpaired) electrons. The van der Waals surface area contributed by atoms with E-state index in [0.29, 0.717) is 38.0 Å². The number of rotatable bonds is 4. The molecule has 166 valence electrons. The molecular weight excluding hydrogens is 440 g/mol. The Balaban J connectivity index is 0.00000210. The van der Waals surface area contributed by atoms with Crippen LogP contribution in [0.5, 0.6) is 0 Å². The van der Waals surface area contributed by atoms with Crippen molar-refractivity contribution >= 4 is 30.7 Å². The van der Waals surface area contributed by atoms with Crippen LogP contribution in [0.4, 0.5) is 22.0 Å². The van der Waals surface area contributed by atoms with Gasteiger partial charge in [0.25, 0.3) is 5.92 Å². The van der Waals surface area contributed by atoms with Crippen molar-refractivity contribution in [3.63, 3.8) is 0 Å². The van der Waals surface area contributed by atoms with Gasteiger partial charge < -0.3 is 5.32 Å². The maximum Gasteiger partial charge on any atom is 0.416 e. The highest BCUT2D eigenvalue weighted by atomic mass is 35.5. The number of likely N-dealkylation sites (tertiary alicyclic amines) is 1. The first-order valence-corrected chi connectivity index (χ1v) is 8.92. The van der Waals surface area contributed by atoms with Crippen LogP contribution in [0.2, 0.25) is 0 Å². The average Bonchev–Trinajstić information content (AvgIpc) is 2.96. The lowest BCUT2D eigenvalue weighted by Gasteiger charge is -2.33. The van der Waals surface area contributed by atoms with E-state index in [1.165, 1.54) is 6.07 Å². The Morgan fingerprint density at radius 1 is 1.21 bits per heavy atom. The molecule has 3 rings (SSSR count). The summed E-state index contributed by atoms with van der Waals surface area (Å²) < 4.78 is 64.7. The standard InChI is InChI=1S/C18H22F5N3O.2ClH/c19-17(20)9-15(24-11-17)16(27)25-14-4-6-26(7-5-14)10-12-2-1-3-13(8-12)18(21,22)23;;/h1-3,8,14-15,24H,4-7,9-11H2,(H,25,27);2*1H. The van der Waals surface area contributed by atoms with Gasteiger partial charge in [0.15, 0.2) is 0 Å². The number of nitrogens with zero attached hydrogens (tertiary/aromatic N) is 1. The van der Waals surface area contributed by atoms with E-state index in [-0.39, 0.29) is 30.9 Å². The van der Waals surface area contributed by atoms with Crippen molar-refractivity contribution in [3.8, 4) is 0 Å². The van der Waals surface area contributed by atoms with E-state index < -0.39 is 42.6 Å². The van der Waals surface area contributed by atoms with Crippen LogP contribution >= 0.6 is 24.8 Å². The molecule has 0 spiro atoms. The quantitative estimate of drug-likeness (QED) is 0.670. The minimum atomic E-state index is -4.36. The monoisotopic (exact) mass is 463 g/mol. The van der Waals surface area contributed by atoms with Crippen LogP contribution < -0.4 is 10.6 Å². The molecule has 2 aliphatic heterocycles. The lowest BCUT2D eigenvalue weighted by molar-refractivity contribution is -0.137. The summed E-state index contributed by atoms with van der Waals surface area (Å²) >= 11 is 0. The average molecular weight is 464 g/mol. The van der Waals surface area contributed by atoms with Crippen molar-refractivity contribution < 1.29 is 26.7 Å². The fourth-order valence-corrected chi connectivity index (χ4v) is 3.54. The molecule has 2 saturated heterocycles. The zero-order valence-electron chi connectivity index (χ0n) is 15.5. The fraction of sp³-hybridized carbons (Fsp3) is 0.611. The summed E-state index contributed by atoms with van der Waals surface area (Å²) in [5.41, 5.74) is -0.0762. The minimum absolute atomic E-state index is 0. The van der Waals surface area contributed by atoms with E-state index in [1.54, 1.807) is 6.07 Å². The van der Waals surface area contributed by atoms with Gasteiger partial charge in [-0.1, -0.05) is 18.2 Å². The van der Waals surface area contributed by atoms with E-state index in [2.05, 4.69) is 10.6 Å². The van der Waals surface area contributed by atoms with E-state index in [0.717, 1.165) is 12.1 Å². The van der Waals surface area contributed by atoms with Gasteiger partial charge in [-0.25, -0.2) is 8.78 Å². The predicted molar refractivity (Wildman–Crippen MR) is 104 cm³/mol. The minimum Gasteiger partial charge on any atom is -0.352 e. The third kappa shape index (κ3) is 7.24. The van der Waals surface area contributed by atoms with E-state index in [9.17, 15) is 26.7 Å². The molecular formula is C18H24Cl2F5N3O. The number of carbonyl (C=O) groups is 1. The zero-order chi connectivity index (χ0) is 19.7. The predicted octanol–water partition coefficient (Wildman–Crippen LogP) is 3.63. The molecule has 1 aromatic carbocycles. The van der Waals surface area contributed by atoms with Crippen molar-refractivity contribution in [3.05, 3.63) is 35.4 Å². The normalized spacial score (nSPS) is 22.4. The number of halogens is 7. The summed E-state index contributed by atoms with van der Waals surface area (Å²) in [6.45, 7) is 1.16. The van der Waals surface area contributed by atoms with E-state index in [1.807, 2.05) is 4.90 Å². The van der Waals surface area contributed by atoms with Crippen LogP contribution in [-0.4, -0.2) is 48.4 Å². The number of nitrogens with one attached hydrogen (secondary N) is 2. The largest absolute Gasteiger partial charge is 0.416 e. The Hall–Kier alpha value is -1.16. The lowest BCUT2D eigenvalue weighted by atomic mass is 10.0. The van der Waals surface area contributed by atoms with Gasteiger partial charge in [-0.2, -0.15) is 13.2 Å². The Labute approximate surface area is 178 Å². The maximum absolute atomic E-state index is 13.2. The smallest absolute Gasteiger partial charge is 0.352 e. The third-order valence-corrected chi connectivity index (χ3v) is 5.02.